The van der Waals surface area contributed by atoms with Gasteiger partial charge < -0.3 is 10.0 Å². The first kappa shape index (κ1) is 16.3. The van der Waals surface area contributed by atoms with Crippen molar-refractivity contribution in [3.05, 3.63) is 41.8 Å². The van der Waals surface area contributed by atoms with Crippen LogP contribution in [-0.4, -0.2) is 39.6 Å². The number of nitrogens with zero attached hydrogens (tertiary/aromatic N) is 3. The highest BCUT2D eigenvalue weighted by Gasteiger charge is 2.53. The normalized spacial score (nSPS) is 20.8. The number of hydrogen-bond acceptors (Lipinski definition) is 3. The number of aromatic nitrogens is 2. The Kier molecular flexibility index (Phi) is 3.73. The van der Waals surface area contributed by atoms with Gasteiger partial charge in [-0.3, -0.25) is 0 Å². The number of halogens is 4. The van der Waals surface area contributed by atoms with Crippen molar-refractivity contribution in [1.82, 2.24) is 9.78 Å². The molecule has 0 amide bonds. The van der Waals surface area contributed by atoms with Crippen LogP contribution in [0.15, 0.2) is 30.3 Å². The number of hydrogen-bond donors (Lipinski definition) is 1. The molecule has 1 fully saturated rings. The predicted molar refractivity (Wildman–Crippen MR) is 76.8 cm³/mol. The summed E-state index contributed by atoms with van der Waals surface area (Å²) in [6, 6.07) is 5.46. The van der Waals surface area contributed by atoms with Crippen LogP contribution in [0.1, 0.15) is 17.4 Å². The van der Waals surface area contributed by atoms with Crippen LogP contribution in [0, 0.1) is 11.7 Å². The molecule has 1 N–H and O–H groups in total. The van der Waals surface area contributed by atoms with Crippen molar-refractivity contribution >= 4 is 11.8 Å². The number of benzene rings is 1. The maximum absolute atomic E-state index is 13.1. The van der Waals surface area contributed by atoms with Gasteiger partial charge in [0.1, 0.15) is 11.6 Å². The van der Waals surface area contributed by atoms with Crippen LogP contribution in [-0.2, 0) is 0 Å². The SMILES string of the molecule is C[C@@H]1C(C(F)(F)F)CN1c1cc(C(=O)O)nn1-c1ccc(F)cc1. The highest BCUT2D eigenvalue weighted by atomic mass is 19.4. The average Bonchev–Trinajstić information content (AvgIpc) is 2.90. The minimum Gasteiger partial charge on any atom is -0.476 e. The molecule has 0 radical (unpaired) electrons. The second-order valence-electron chi connectivity index (χ2n) is 5.62. The van der Waals surface area contributed by atoms with Gasteiger partial charge in [-0.15, -0.1) is 0 Å². The molecule has 5 nitrogen and oxygen atoms in total. The zero-order valence-electron chi connectivity index (χ0n) is 12.5. The number of aromatic carboxylic acids is 1. The van der Waals surface area contributed by atoms with Gasteiger partial charge in [-0.25, -0.2) is 13.9 Å². The Bertz CT molecular complexity index is 770. The molecule has 1 saturated heterocycles. The summed E-state index contributed by atoms with van der Waals surface area (Å²) in [6.45, 7) is 1.14. The third kappa shape index (κ3) is 2.70. The van der Waals surface area contributed by atoms with E-state index in [2.05, 4.69) is 5.10 Å². The lowest BCUT2D eigenvalue weighted by molar-refractivity contribution is -0.190. The highest BCUT2D eigenvalue weighted by molar-refractivity contribution is 5.86. The summed E-state index contributed by atoms with van der Waals surface area (Å²) in [5.41, 5.74) is 0.0681. The molecule has 2 atom stereocenters. The first-order chi connectivity index (χ1) is 11.2. The molecule has 0 saturated carbocycles. The number of anilines is 1. The summed E-state index contributed by atoms with van der Waals surface area (Å²) in [7, 11) is 0. The van der Waals surface area contributed by atoms with Gasteiger partial charge in [-0.2, -0.15) is 18.3 Å². The van der Waals surface area contributed by atoms with Crippen LogP contribution < -0.4 is 4.90 Å². The van der Waals surface area contributed by atoms with E-state index in [1.165, 1.54) is 46.8 Å². The third-order valence-corrected chi connectivity index (χ3v) is 4.16. The number of rotatable bonds is 3. The lowest BCUT2D eigenvalue weighted by atomic mass is 9.89. The van der Waals surface area contributed by atoms with E-state index in [4.69, 9.17) is 5.11 Å². The summed E-state index contributed by atoms with van der Waals surface area (Å²) in [5.74, 6) is -3.03. The van der Waals surface area contributed by atoms with Crippen molar-refractivity contribution < 1.29 is 27.5 Å². The van der Waals surface area contributed by atoms with E-state index in [-0.39, 0.29) is 18.1 Å². The quantitative estimate of drug-likeness (QED) is 0.870. The lowest BCUT2D eigenvalue weighted by Gasteiger charge is -2.48. The van der Waals surface area contributed by atoms with E-state index in [9.17, 15) is 22.4 Å². The summed E-state index contributed by atoms with van der Waals surface area (Å²) in [5, 5.41) is 13.0. The summed E-state index contributed by atoms with van der Waals surface area (Å²) in [4.78, 5) is 12.6. The topological polar surface area (TPSA) is 58.4 Å². The molecule has 0 aliphatic carbocycles. The molecular weight excluding hydrogens is 330 g/mol. The van der Waals surface area contributed by atoms with E-state index in [0.29, 0.717) is 5.69 Å². The standard InChI is InChI=1S/C15H13F4N3O2/c1-8-11(15(17,18)19)7-21(8)13-6-12(14(23)24)20-22(13)10-4-2-9(16)3-5-10/h2-6,8,11H,7H2,1H3,(H,23,24)/t8-,11?/m1/s1. The zero-order valence-corrected chi connectivity index (χ0v) is 12.5. The number of alkyl halides is 3. The molecule has 0 spiro atoms. The second-order valence-corrected chi connectivity index (χ2v) is 5.62. The van der Waals surface area contributed by atoms with Crippen molar-refractivity contribution in [2.24, 2.45) is 5.92 Å². The second kappa shape index (κ2) is 5.50. The smallest absolute Gasteiger partial charge is 0.395 e. The van der Waals surface area contributed by atoms with Crippen LogP contribution in [0.2, 0.25) is 0 Å². The van der Waals surface area contributed by atoms with Gasteiger partial charge in [0.25, 0.3) is 0 Å². The van der Waals surface area contributed by atoms with E-state index < -0.39 is 29.9 Å². The van der Waals surface area contributed by atoms with Gasteiger partial charge in [0.15, 0.2) is 5.69 Å². The van der Waals surface area contributed by atoms with Crippen molar-refractivity contribution in [3.63, 3.8) is 0 Å². The fourth-order valence-electron chi connectivity index (χ4n) is 2.74. The van der Waals surface area contributed by atoms with Gasteiger partial charge >= 0.3 is 12.1 Å². The van der Waals surface area contributed by atoms with Crippen LogP contribution >= 0.6 is 0 Å². The molecule has 24 heavy (non-hydrogen) atoms. The molecule has 1 aliphatic rings. The summed E-state index contributed by atoms with van der Waals surface area (Å²) >= 11 is 0. The molecule has 2 aromatic rings. The molecular formula is C15H13F4N3O2. The Hall–Kier alpha value is -2.58. The van der Waals surface area contributed by atoms with E-state index >= 15 is 0 Å². The van der Waals surface area contributed by atoms with Crippen molar-refractivity contribution in [1.29, 1.82) is 0 Å². The minimum absolute atomic E-state index is 0.229. The fraction of sp³-hybridized carbons (Fsp3) is 0.333. The molecule has 3 rings (SSSR count). The third-order valence-electron chi connectivity index (χ3n) is 4.16. The Morgan fingerprint density at radius 1 is 1.29 bits per heavy atom. The van der Waals surface area contributed by atoms with Crippen molar-refractivity contribution in [3.8, 4) is 5.69 Å². The van der Waals surface area contributed by atoms with Crippen LogP contribution in [0.3, 0.4) is 0 Å². The maximum atomic E-state index is 13.1. The Morgan fingerprint density at radius 2 is 1.92 bits per heavy atom. The van der Waals surface area contributed by atoms with E-state index in [0.717, 1.165) is 0 Å². The fourth-order valence-corrected chi connectivity index (χ4v) is 2.74. The van der Waals surface area contributed by atoms with Crippen molar-refractivity contribution in [2.45, 2.75) is 19.1 Å². The van der Waals surface area contributed by atoms with Gasteiger partial charge in [0, 0.05) is 18.7 Å². The molecule has 128 valence electrons. The summed E-state index contributed by atoms with van der Waals surface area (Å²) < 4.78 is 52.8. The maximum Gasteiger partial charge on any atom is 0.395 e. The molecule has 1 aromatic carbocycles. The number of carboxylic acid groups (broad SMARTS) is 1. The molecule has 1 aromatic heterocycles. The van der Waals surface area contributed by atoms with E-state index in [1.54, 1.807) is 0 Å². The number of carbonyl (C=O) groups is 1. The number of carboxylic acids is 1. The summed E-state index contributed by atoms with van der Waals surface area (Å²) in [6.07, 6.45) is -4.31. The van der Waals surface area contributed by atoms with Gasteiger partial charge in [0.2, 0.25) is 0 Å². The average molecular weight is 343 g/mol. The highest BCUT2D eigenvalue weighted by Crippen LogP contribution is 2.41. The first-order valence-electron chi connectivity index (χ1n) is 7.11. The van der Waals surface area contributed by atoms with Gasteiger partial charge in [-0.1, -0.05) is 0 Å². The molecule has 1 unspecified atom stereocenters. The van der Waals surface area contributed by atoms with Crippen molar-refractivity contribution in [2.75, 3.05) is 11.4 Å². The predicted octanol–water partition coefficient (Wildman–Crippen LogP) is 3.10. The molecule has 9 heteroatoms. The van der Waals surface area contributed by atoms with Crippen LogP contribution in [0.25, 0.3) is 5.69 Å². The van der Waals surface area contributed by atoms with E-state index in [1.807, 2.05) is 0 Å². The monoisotopic (exact) mass is 343 g/mol. The zero-order chi connectivity index (χ0) is 17.6. The Labute approximate surface area is 134 Å². The molecule has 1 aliphatic heterocycles. The molecule has 0 bridgehead atoms. The van der Waals surface area contributed by atoms with Crippen LogP contribution in [0.4, 0.5) is 23.4 Å². The first-order valence-corrected chi connectivity index (χ1v) is 7.11. The van der Waals surface area contributed by atoms with Crippen LogP contribution in [0.5, 0.6) is 0 Å². The lowest BCUT2D eigenvalue weighted by Crippen LogP contribution is -2.60. The Morgan fingerprint density at radius 3 is 2.42 bits per heavy atom. The van der Waals surface area contributed by atoms with Gasteiger partial charge in [0.05, 0.1) is 11.6 Å². The minimum atomic E-state index is -4.31. The Balaban J connectivity index is 1.99. The van der Waals surface area contributed by atoms with Gasteiger partial charge in [-0.05, 0) is 31.2 Å². The largest absolute Gasteiger partial charge is 0.476 e. The molecule has 2 heterocycles.